The molecule has 0 atom stereocenters. The Hall–Kier alpha value is -3.73. The van der Waals surface area contributed by atoms with Crippen molar-refractivity contribution in [2.45, 2.75) is 26.9 Å². The highest BCUT2D eigenvalue weighted by Crippen LogP contribution is 2.16. The first-order valence-electron chi connectivity index (χ1n) is 9.97. The lowest BCUT2D eigenvalue weighted by Gasteiger charge is -2.23. The van der Waals surface area contributed by atoms with Crippen molar-refractivity contribution in [2.75, 3.05) is 0 Å². The molecule has 2 aromatic heterocycles. The number of carbonyl (C=O) groups excluding carboxylic acids is 1. The summed E-state index contributed by atoms with van der Waals surface area (Å²) in [7, 11) is 0. The first-order valence-corrected chi connectivity index (χ1v) is 9.97. The van der Waals surface area contributed by atoms with Crippen LogP contribution in [0.1, 0.15) is 32.9 Å². The highest BCUT2D eigenvalue weighted by Gasteiger charge is 2.18. The van der Waals surface area contributed by atoms with Gasteiger partial charge >= 0.3 is 0 Å². The van der Waals surface area contributed by atoms with Crippen molar-refractivity contribution in [1.29, 1.82) is 0 Å². The van der Waals surface area contributed by atoms with Gasteiger partial charge in [0.25, 0.3) is 5.91 Å². The molecule has 0 unspecified atom stereocenters. The Morgan fingerprint density at radius 1 is 0.867 bits per heavy atom. The summed E-state index contributed by atoms with van der Waals surface area (Å²) in [6, 6.07) is 25.7. The van der Waals surface area contributed by atoms with Crippen LogP contribution in [0.3, 0.4) is 0 Å². The molecule has 30 heavy (non-hydrogen) atoms. The Labute approximate surface area is 176 Å². The molecule has 0 aliphatic carbocycles. The lowest BCUT2D eigenvalue weighted by atomic mass is 10.1. The number of amides is 1. The Morgan fingerprint density at radius 2 is 1.47 bits per heavy atom. The number of nitrogens with zero attached hydrogens (tertiary/aromatic N) is 4. The lowest BCUT2D eigenvalue weighted by Crippen LogP contribution is -2.30. The molecule has 4 rings (SSSR count). The molecule has 2 heterocycles. The summed E-state index contributed by atoms with van der Waals surface area (Å²) in [6.45, 7) is 5.01. The topological polar surface area (TPSA) is 51.0 Å². The maximum absolute atomic E-state index is 13.3. The highest BCUT2D eigenvalue weighted by molar-refractivity contribution is 5.94. The lowest BCUT2D eigenvalue weighted by molar-refractivity contribution is 0.0729. The average molecular weight is 396 g/mol. The molecule has 1 amide bonds. The summed E-state index contributed by atoms with van der Waals surface area (Å²) in [6.07, 6.45) is 1.64. The minimum Gasteiger partial charge on any atom is -0.330 e. The van der Waals surface area contributed by atoms with Crippen LogP contribution in [0.4, 0.5) is 0 Å². The number of aryl methyl sites for hydroxylation is 2. The summed E-state index contributed by atoms with van der Waals surface area (Å²) in [5.74, 6) is 0.657. The van der Waals surface area contributed by atoms with Crippen molar-refractivity contribution in [3.05, 3.63) is 113 Å². The third kappa shape index (κ3) is 4.46. The van der Waals surface area contributed by atoms with Crippen LogP contribution >= 0.6 is 0 Å². The zero-order chi connectivity index (χ0) is 20.9. The van der Waals surface area contributed by atoms with Gasteiger partial charge in [0.05, 0.1) is 11.3 Å². The fourth-order valence-corrected chi connectivity index (χ4v) is 3.49. The van der Waals surface area contributed by atoms with Crippen molar-refractivity contribution in [3.63, 3.8) is 0 Å². The van der Waals surface area contributed by atoms with E-state index >= 15 is 0 Å². The van der Waals surface area contributed by atoms with Crippen LogP contribution in [0.25, 0.3) is 5.82 Å². The smallest absolute Gasteiger partial charge is 0.256 e. The molecule has 5 nitrogen and oxygen atoms in total. The number of rotatable bonds is 6. The predicted octanol–water partition coefficient (Wildman–Crippen LogP) is 4.73. The van der Waals surface area contributed by atoms with Gasteiger partial charge in [-0.05, 0) is 43.2 Å². The third-order valence-electron chi connectivity index (χ3n) is 4.94. The Morgan fingerprint density at radius 3 is 1.93 bits per heavy atom. The molecule has 0 saturated carbocycles. The van der Waals surface area contributed by atoms with Crippen LogP contribution in [0.5, 0.6) is 0 Å². The summed E-state index contributed by atoms with van der Waals surface area (Å²) in [5, 5.41) is 4.46. The monoisotopic (exact) mass is 396 g/mol. The van der Waals surface area contributed by atoms with Crippen LogP contribution in [-0.2, 0) is 13.1 Å². The molecular weight excluding hydrogens is 372 g/mol. The Bertz CT molecular complexity index is 1080. The average Bonchev–Trinajstić information content (AvgIpc) is 3.12. The summed E-state index contributed by atoms with van der Waals surface area (Å²) < 4.78 is 1.79. The fraction of sp³-hybridized carbons (Fsp3) is 0.160. The zero-order valence-electron chi connectivity index (χ0n) is 17.2. The maximum Gasteiger partial charge on any atom is 0.256 e. The largest absolute Gasteiger partial charge is 0.330 e. The van der Waals surface area contributed by atoms with Crippen LogP contribution in [-0.4, -0.2) is 25.6 Å². The van der Waals surface area contributed by atoms with E-state index in [1.54, 1.807) is 10.9 Å². The minimum absolute atomic E-state index is 0.0462. The second kappa shape index (κ2) is 8.74. The molecule has 0 radical (unpaired) electrons. The van der Waals surface area contributed by atoms with Crippen LogP contribution in [0, 0.1) is 13.8 Å². The van der Waals surface area contributed by atoms with Gasteiger partial charge < -0.3 is 4.90 Å². The van der Waals surface area contributed by atoms with Gasteiger partial charge in [-0.1, -0.05) is 60.7 Å². The van der Waals surface area contributed by atoms with Gasteiger partial charge in [-0.3, -0.25) is 4.79 Å². The van der Waals surface area contributed by atoms with Gasteiger partial charge in [0, 0.05) is 25.0 Å². The number of pyridine rings is 1. The number of carbonyl (C=O) groups is 1. The van der Waals surface area contributed by atoms with E-state index in [0.29, 0.717) is 24.5 Å². The van der Waals surface area contributed by atoms with Crippen molar-refractivity contribution < 1.29 is 4.79 Å². The quantitative estimate of drug-likeness (QED) is 0.474. The van der Waals surface area contributed by atoms with E-state index in [0.717, 1.165) is 22.5 Å². The SMILES string of the molecule is Cc1cc(C)n(-c2ccc(C(=O)N(Cc3ccccc3)Cc3ccccc3)cn2)n1. The van der Waals surface area contributed by atoms with Gasteiger partial charge in [0.15, 0.2) is 5.82 Å². The van der Waals surface area contributed by atoms with Gasteiger partial charge in [-0.2, -0.15) is 5.10 Å². The zero-order valence-corrected chi connectivity index (χ0v) is 17.2. The molecule has 0 fully saturated rings. The molecule has 5 heteroatoms. The second-order valence-electron chi connectivity index (χ2n) is 7.38. The Kier molecular flexibility index (Phi) is 5.70. The van der Waals surface area contributed by atoms with Crippen LogP contribution < -0.4 is 0 Å². The standard InChI is InChI=1S/C25H24N4O/c1-19-15-20(2)29(27-19)24-14-13-23(16-26-24)25(30)28(17-21-9-5-3-6-10-21)18-22-11-7-4-8-12-22/h3-16H,17-18H2,1-2H3. The predicted molar refractivity (Wildman–Crippen MR) is 117 cm³/mol. The van der Waals surface area contributed by atoms with E-state index in [2.05, 4.69) is 10.1 Å². The van der Waals surface area contributed by atoms with E-state index < -0.39 is 0 Å². The minimum atomic E-state index is -0.0462. The number of aromatic nitrogens is 3. The van der Waals surface area contributed by atoms with Gasteiger partial charge in [-0.15, -0.1) is 0 Å². The molecule has 0 bridgehead atoms. The van der Waals surface area contributed by atoms with Gasteiger partial charge in [0.1, 0.15) is 0 Å². The molecule has 0 saturated heterocycles. The summed E-state index contributed by atoms with van der Waals surface area (Å²) >= 11 is 0. The number of hydrogen-bond acceptors (Lipinski definition) is 3. The van der Waals surface area contributed by atoms with E-state index in [-0.39, 0.29) is 5.91 Å². The molecule has 0 aliphatic heterocycles. The first-order chi connectivity index (χ1) is 14.6. The fourth-order valence-electron chi connectivity index (χ4n) is 3.49. The van der Waals surface area contributed by atoms with E-state index in [4.69, 9.17) is 0 Å². The molecule has 2 aromatic carbocycles. The highest BCUT2D eigenvalue weighted by atomic mass is 16.2. The first kappa shape index (κ1) is 19.6. The molecule has 150 valence electrons. The summed E-state index contributed by atoms with van der Waals surface area (Å²) in [5.41, 5.74) is 4.69. The number of benzene rings is 2. The van der Waals surface area contributed by atoms with Crippen molar-refractivity contribution in [1.82, 2.24) is 19.7 Å². The summed E-state index contributed by atoms with van der Waals surface area (Å²) in [4.78, 5) is 19.7. The molecule has 0 N–H and O–H groups in total. The van der Waals surface area contributed by atoms with Crippen molar-refractivity contribution in [3.8, 4) is 5.82 Å². The molecular formula is C25H24N4O. The van der Waals surface area contributed by atoms with Gasteiger partial charge in [0.2, 0.25) is 0 Å². The van der Waals surface area contributed by atoms with E-state index in [1.807, 2.05) is 97.6 Å². The molecule has 4 aromatic rings. The molecule has 0 aliphatic rings. The Balaban J connectivity index is 1.59. The van der Waals surface area contributed by atoms with Gasteiger partial charge in [-0.25, -0.2) is 9.67 Å². The van der Waals surface area contributed by atoms with E-state index in [1.165, 1.54) is 0 Å². The van der Waals surface area contributed by atoms with Crippen molar-refractivity contribution >= 4 is 5.91 Å². The van der Waals surface area contributed by atoms with Crippen LogP contribution in [0.15, 0.2) is 85.1 Å². The maximum atomic E-state index is 13.3. The second-order valence-corrected chi connectivity index (χ2v) is 7.38. The third-order valence-corrected chi connectivity index (χ3v) is 4.94. The number of hydrogen-bond donors (Lipinski definition) is 0. The van der Waals surface area contributed by atoms with Crippen molar-refractivity contribution in [2.24, 2.45) is 0 Å². The van der Waals surface area contributed by atoms with E-state index in [9.17, 15) is 4.79 Å². The van der Waals surface area contributed by atoms with Crippen LogP contribution in [0.2, 0.25) is 0 Å². The molecule has 0 spiro atoms. The normalized spacial score (nSPS) is 10.7.